The van der Waals surface area contributed by atoms with Crippen LogP contribution < -0.4 is 9.80 Å². The first-order valence-corrected chi connectivity index (χ1v) is 21.3. The van der Waals surface area contributed by atoms with Crippen LogP contribution in [0, 0.1) is 25.2 Å². The molecule has 0 atom stereocenters. The SMILES string of the molecule is CCCCCCc1cc(-c2cc(N(c3ccc(C)cc3)c3cccc4ccccc34)cc(N(c3ccc(C)cc3)c3cccc4ccccc34)c2)sc1/C=C(/C#N)C=O. The van der Waals surface area contributed by atoms with Gasteiger partial charge in [0.25, 0.3) is 0 Å². The molecule has 7 aromatic carbocycles. The maximum Gasteiger partial charge on any atom is 0.160 e. The van der Waals surface area contributed by atoms with Gasteiger partial charge in [-0.25, -0.2) is 0 Å². The summed E-state index contributed by atoms with van der Waals surface area (Å²) < 4.78 is 0. The maximum absolute atomic E-state index is 11.9. The molecule has 0 unspecified atom stereocenters. The van der Waals surface area contributed by atoms with E-state index in [1.54, 1.807) is 17.4 Å². The third-order valence-electron chi connectivity index (χ3n) is 11.0. The van der Waals surface area contributed by atoms with E-state index in [1.165, 1.54) is 28.3 Å². The van der Waals surface area contributed by atoms with Gasteiger partial charge in [-0.15, -0.1) is 11.3 Å². The Balaban J connectivity index is 1.43. The zero-order chi connectivity index (χ0) is 40.7. The summed E-state index contributed by atoms with van der Waals surface area (Å²) in [5.74, 6) is 0. The highest BCUT2D eigenvalue weighted by molar-refractivity contribution is 7.16. The van der Waals surface area contributed by atoms with Crippen molar-refractivity contribution >= 4 is 79.4 Å². The highest BCUT2D eigenvalue weighted by Crippen LogP contribution is 2.47. The molecule has 0 aliphatic carbocycles. The number of hydrogen-bond donors (Lipinski definition) is 0. The zero-order valence-corrected chi connectivity index (χ0v) is 34.7. The van der Waals surface area contributed by atoms with Gasteiger partial charge in [-0.05, 0) is 115 Å². The zero-order valence-electron chi connectivity index (χ0n) is 33.9. The second-order valence-corrected chi connectivity index (χ2v) is 16.3. The number of unbranched alkanes of at least 4 members (excludes halogenated alkanes) is 3. The lowest BCUT2D eigenvalue weighted by Crippen LogP contribution is -2.14. The number of benzene rings is 7. The Morgan fingerprint density at radius 3 is 1.64 bits per heavy atom. The van der Waals surface area contributed by atoms with Gasteiger partial charge in [-0.1, -0.05) is 134 Å². The molecule has 5 heteroatoms. The van der Waals surface area contributed by atoms with Crippen LogP contribution in [0.4, 0.5) is 34.1 Å². The summed E-state index contributed by atoms with van der Waals surface area (Å²) in [6, 6.07) is 59.0. The molecule has 0 aliphatic heterocycles. The predicted molar refractivity (Wildman–Crippen MR) is 251 cm³/mol. The molecule has 1 aromatic heterocycles. The largest absolute Gasteiger partial charge is 0.310 e. The van der Waals surface area contributed by atoms with E-state index in [9.17, 15) is 10.1 Å². The molecule has 0 amide bonds. The number of carbonyl (C=O) groups is 1. The molecule has 290 valence electrons. The first-order valence-electron chi connectivity index (χ1n) is 20.5. The molecular weight excluding hydrogens is 739 g/mol. The minimum Gasteiger partial charge on any atom is -0.310 e. The average Bonchev–Trinajstić information content (AvgIpc) is 3.68. The van der Waals surface area contributed by atoms with Gasteiger partial charge >= 0.3 is 0 Å². The molecule has 0 N–H and O–H groups in total. The number of thiophene rings is 1. The molecule has 8 rings (SSSR count). The van der Waals surface area contributed by atoms with Crippen LogP contribution in [-0.4, -0.2) is 6.29 Å². The van der Waals surface area contributed by atoms with Gasteiger partial charge in [-0.2, -0.15) is 5.26 Å². The van der Waals surface area contributed by atoms with Crippen molar-refractivity contribution in [2.75, 3.05) is 9.80 Å². The smallest absolute Gasteiger partial charge is 0.160 e. The van der Waals surface area contributed by atoms with Crippen LogP contribution in [0.25, 0.3) is 38.1 Å². The predicted octanol–water partition coefficient (Wildman–Crippen LogP) is 15.5. The Hall–Kier alpha value is -6.74. The van der Waals surface area contributed by atoms with Crippen LogP contribution in [0.1, 0.15) is 54.2 Å². The van der Waals surface area contributed by atoms with Crippen molar-refractivity contribution in [3.8, 4) is 16.5 Å². The molecule has 0 spiro atoms. The molecule has 0 radical (unpaired) electrons. The number of hydrogen-bond acceptors (Lipinski definition) is 5. The highest BCUT2D eigenvalue weighted by atomic mass is 32.1. The van der Waals surface area contributed by atoms with Gasteiger partial charge in [-0.3, -0.25) is 4.79 Å². The van der Waals surface area contributed by atoms with Gasteiger partial charge in [0.1, 0.15) is 6.07 Å². The van der Waals surface area contributed by atoms with Gasteiger partial charge in [0.05, 0.1) is 16.9 Å². The lowest BCUT2D eigenvalue weighted by atomic mass is 10.0. The van der Waals surface area contributed by atoms with Crippen molar-refractivity contribution in [2.45, 2.75) is 52.9 Å². The molecule has 4 nitrogen and oxygen atoms in total. The number of carbonyl (C=O) groups excluding carboxylic acids is 1. The summed E-state index contributed by atoms with van der Waals surface area (Å²) in [7, 11) is 0. The van der Waals surface area contributed by atoms with E-state index in [-0.39, 0.29) is 5.57 Å². The van der Waals surface area contributed by atoms with E-state index in [2.05, 4.69) is 194 Å². The Labute approximate surface area is 351 Å². The van der Waals surface area contributed by atoms with Gasteiger partial charge in [0, 0.05) is 43.3 Å². The van der Waals surface area contributed by atoms with Crippen LogP contribution in [0.3, 0.4) is 0 Å². The normalized spacial score (nSPS) is 11.5. The molecule has 0 fully saturated rings. The van der Waals surface area contributed by atoms with Crippen LogP contribution in [0.15, 0.2) is 163 Å². The van der Waals surface area contributed by atoms with E-state index in [1.807, 2.05) is 0 Å². The van der Waals surface area contributed by atoms with Crippen molar-refractivity contribution in [3.05, 3.63) is 185 Å². The standard InChI is InChI=1S/C54H47N3OS/c1-4-5-6-7-16-43-34-54(59-53(43)31-40(36-55)37-58)44-32-47(56(45-27-23-38(2)24-28-45)51-21-12-17-41-14-8-10-19-49(41)51)35-48(33-44)57(46-29-25-39(3)26-30-46)52-22-13-18-42-15-9-11-20-50(42)52/h8-15,17-35,37H,4-7,16H2,1-3H3/b40-31-. The minimum absolute atomic E-state index is 0.130. The number of anilines is 6. The fourth-order valence-corrected chi connectivity index (χ4v) is 9.07. The third-order valence-corrected chi connectivity index (χ3v) is 12.2. The Morgan fingerprint density at radius 1 is 0.610 bits per heavy atom. The number of fused-ring (bicyclic) bond motifs is 2. The number of nitriles is 1. The van der Waals surface area contributed by atoms with Crippen molar-refractivity contribution in [3.63, 3.8) is 0 Å². The molecule has 1 heterocycles. The van der Waals surface area contributed by atoms with Gasteiger partial charge in [0.2, 0.25) is 0 Å². The van der Waals surface area contributed by atoms with Crippen LogP contribution >= 0.6 is 11.3 Å². The molecule has 0 saturated heterocycles. The van der Waals surface area contributed by atoms with E-state index in [0.29, 0.717) is 6.29 Å². The van der Waals surface area contributed by atoms with Gasteiger partial charge in [0.15, 0.2) is 6.29 Å². The van der Waals surface area contributed by atoms with E-state index >= 15 is 0 Å². The van der Waals surface area contributed by atoms with E-state index < -0.39 is 0 Å². The summed E-state index contributed by atoms with van der Waals surface area (Å²) in [5.41, 5.74) is 11.0. The second-order valence-electron chi connectivity index (χ2n) is 15.2. The Morgan fingerprint density at radius 2 is 1.14 bits per heavy atom. The maximum atomic E-state index is 11.9. The monoisotopic (exact) mass is 785 g/mol. The first kappa shape index (κ1) is 39.1. The fourth-order valence-electron chi connectivity index (χ4n) is 7.92. The van der Waals surface area contributed by atoms with Crippen molar-refractivity contribution in [1.29, 1.82) is 5.26 Å². The summed E-state index contributed by atoms with van der Waals surface area (Å²) in [6.07, 6.45) is 7.82. The molecular formula is C54H47N3OS. The summed E-state index contributed by atoms with van der Waals surface area (Å²) >= 11 is 1.65. The van der Waals surface area contributed by atoms with Crippen LogP contribution in [-0.2, 0) is 11.2 Å². The molecule has 59 heavy (non-hydrogen) atoms. The highest BCUT2D eigenvalue weighted by Gasteiger charge is 2.23. The summed E-state index contributed by atoms with van der Waals surface area (Å²) in [5, 5.41) is 14.5. The lowest BCUT2D eigenvalue weighted by molar-refractivity contribution is -0.104. The number of aldehydes is 1. The third kappa shape index (κ3) is 8.46. The summed E-state index contributed by atoms with van der Waals surface area (Å²) in [6.45, 7) is 6.47. The minimum atomic E-state index is 0.130. The van der Waals surface area contributed by atoms with E-state index in [4.69, 9.17) is 0 Å². The summed E-state index contributed by atoms with van der Waals surface area (Å²) in [4.78, 5) is 18.7. The Kier molecular flexibility index (Phi) is 11.8. The van der Waals surface area contributed by atoms with Crippen molar-refractivity contribution in [1.82, 2.24) is 0 Å². The fraction of sp³-hybridized carbons (Fsp3) is 0.148. The average molecular weight is 786 g/mol. The topological polar surface area (TPSA) is 47.3 Å². The number of aryl methyl sites for hydroxylation is 3. The second kappa shape index (κ2) is 17.8. The quantitative estimate of drug-likeness (QED) is 0.0477. The molecule has 8 aromatic rings. The number of allylic oxidation sites excluding steroid dienone is 1. The lowest BCUT2D eigenvalue weighted by Gasteiger charge is -2.31. The van der Waals surface area contributed by atoms with Crippen molar-refractivity contribution < 1.29 is 4.79 Å². The van der Waals surface area contributed by atoms with Crippen molar-refractivity contribution in [2.24, 2.45) is 0 Å². The van der Waals surface area contributed by atoms with Crippen LogP contribution in [0.5, 0.6) is 0 Å². The molecule has 0 aliphatic rings. The van der Waals surface area contributed by atoms with Gasteiger partial charge < -0.3 is 9.80 Å². The van der Waals surface area contributed by atoms with Crippen LogP contribution in [0.2, 0.25) is 0 Å². The molecule has 0 saturated carbocycles. The molecule has 0 bridgehead atoms. The number of rotatable bonds is 14. The first-order chi connectivity index (χ1) is 28.9. The number of nitrogens with zero attached hydrogens (tertiary/aromatic N) is 3. The van der Waals surface area contributed by atoms with E-state index in [0.717, 1.165) is 91.5 Å². The Bertz CT molecular complexity index is 2670.